The number of amides is 1. The molecule has 37 heavy (non-hydrogen) atoms. The summed E-state index contributed by atoms with van der Waals surface area (Å²) in [5.74, 6) is -0.355. The number of carbonyl (C=O) groups excluding carboxylic acids is 1. The Morgan fingerprint density at radius 3 is 2.03 bits per heavy atom. The third-order valence-electron chi connectivity index (χ3n) is 6.48. The molecule has 184 valence electrons. The molecule has 0 aliphatic rings. The molecule has 1 aromatic heterocycles. The summed E-state index contributed by atoms with van der Waals surface area (Å²) in [6.45, 7) is 2.51. The van der Waals surface area contributed by atoms with E-state index < -0.39 is 0 Å². The quantitative estimate of drug-likeness (QED) is 0.257. The van der Waals surface area contributed by atoms with Crippen LogP contribution in [0.4, 0.5) is 4.39 Å². The van der Waals surface area contributed by atoms with Crippen LogP contribution in [-0.2, 0) is 0 Å². The van der Waals surface area contributed by atoms with Crippen LogP contribution in [0, 0.1) is 12.7 Å². The van der Waals surface area contributed by atoms with Crippen molar-refractivity contribution in [1.29, 1.82) is 0 Å². The highest BCUT2D eigenvalue weighted by molar-refractivity contribution is 5.94. The number of rotatable bonds is 8. The van der Waals surface area contributed by atoms with Crippen molar-refractivity contribution in [3.63, 3.8) is 0 Å². The Labute approximate surface area is 216 Å². The molecule has 4 aromatic carbocycles. The lowest BCUT2D eigenvalue weighted by Gasteiger charge is -2.18. The zero-order valence-corrected chi connectivity index (χ0v) is 20.6. The number of hydrogen-bond donors (Lipinski definition) is 1. The molecule has 0 aliphatic heterocycles. The highest BCUT2D eigenvalue weighted by atomic mass is 19.1. The molecule has 5 heteroatoms. The normalized spacial score (nSPS) is 11.0. The Bertz CT molecular complexity index is 1420. The number of hydrogen-bond acceptors (Lipinski definition) is 2. The number of nitrogens with zero attached hydrogens (tertiary/aromatic N) is 2. The Hall–Kier alpha value is -4.51. The van der Waals surface area contributed by atoms with Gasteiger partial charge in [-0.2, -0.15) is 5.10 Å². The molecule has 4 nitrogen and oxygen atoms in total. The second-order valence-corrected chi connectivity index (χ2v) is 9.09. The van der Waals surface area contributed by atoms with E-state index in [1.54, 1.807) is 22.9 Å². The molecule has 1 amide bonds. The van der Waals surface area contributed by atoms with E-state index in [0.717, 1.165) is 23.2 Å². The minimum Gasteiger partial charge on any atom is -0.351 e. The second kappa shape index (κ2) is 11.0. The Morgan fingerprint density at radius 2 is 1.43 bits per heavy atom. The van der Waals surface area contributed by atoms with Crippen molar-refractivity contribution in [3.8, 4) is 16.9 Å². The molecule has 0 spiro atoms. The van der Waals surface area contributed by atoms with Crippen LogP contribution in [0.5, 0.6) is 0 Å². The molecule has 0 radical (unpaired) electrons. The van der Waals surface area contributed by atoms with Gasteiger partial charge in [-0.3, -0.25) is 4.79 Å². The molecule has 5 rings (SSSR count). The van der Waals surface area contributed by atoms with Gasteiger partial charge in [0.2, 0.25) is 0 Å². The van der Waals surface area contributed by atoms with Crippen LogP contribution >= 0.6 is 0 Å². The van der Waals surface area contributed by atoms with Crippen LogP contribution < -0.4 is 5.32 Å². The molecular weight excluding hydrogens is 461 g/mol. The van der Waals surface area contributed by atoms with Gasteiger partial charge < -0.3 is 5.32 Å². The van der Waals surface area contributed by atoms with Gasteiger partial charge in [0.1, 0.15) is 11.5 Å². The minimum absolute atomic E-state index is 0.166. The zero-order chi connectivity index (χ0) is 25.6. The summed E-state index contributed by atoms with van der Waals surface area (Å²) in [5.41, 5.74) is 6.12. The fourth-order valence-electron chi connectivity index (χ4n) is 4.50. The van der Waals surface area contributed by atoms with Crippen molar-refractivity contribution >= 4 is 5.91 Å². The molecule has 0 atom stereocenters. The van der Waals surface area contributed by atoms with E-state index >= 15 is 0 Å². The van der Waals surface area contributed by atoms with Gasteiger partial charge in [-0.1, -0.05) is 78.4 Å². The topological polar surface area (TPSA) is 46.9 Å². The first-order valence-electron chi connectivity index (χ1n) is 12.4. The third kappa shape index (κ3) is 5.67. The molecule has 1 heterocycles. The summed E-state index contributed by atoms with van der Waals surface area (Å²) in [5, 5.41) is 7.81. The maximum atomic E-state index is 13.5. The van der Waals surface area contributed by atoms with Gasteiger partial charge in [0.05, 0.1) is 11.4 Å². The average Bonchev–Trinajstić information content (AvgIpc) is 3.38. The fourth-order valence-corrected chi connectivity index (χ4v) is 4.50. The number of halogens is 1. The van der Waals surface area contributed by atoms with Crippen LogP contribution in [0.15, 0.2) is 115 Å². The number of aromatic nitrogens is 2. The Kier molecular flexibility index (Phi) is 7.22. The van der Waals surface area contributed by atoms with Crippen molar-refractivity contribution in [1.82, 2.24) is 15.1 Å². The molecule has 5 aromatic rings. The first-order valence-corrected chi connectivity index (χ1v) is 12.4. The summed E-state index contributed by atoms with van der Waals surface area (Å²) in [6.07, 6.45) is 0.753. The minimum atomic E-state index is -0.314. The lowest BCUT2D eigenvalue weighted by molar-refractivity contribution is 0.0945. The molecule has 0 aliphatic carbocycles. The largest absolute Gasteiger partial charge is 0.351 e. The van der Waals surface area contributed by atoms with Gasteiger partial charge in [0, 0.05) is 18.0 Å². The zero-order valence-electron chi connectivity index (χ0n) is 20.6. The maximum Gasteiger partial charge on any atom is 0.270 e. The molecule has 1 N–H and O–H groups in total. The van der Waals surface area contributed by atoms with Gasteiger partial charge in [0.25, 0.3) is 5.91 Å². The van der Waals surface area contributed by atoms with Crippen molar-refractivity contribution < 1.29 is 9.18 Å². The van der Waals surface area contributed by atoms with E-state index in [-0.39, 0.29) is 17.6 Å². The predicted octanol–water partition coefficient (Wildman–Crippen LogP) is 6.94. The smallest absolute Gasteiger partial charge is 0.270 e. The monoisotopic (exact) mass is 489 g/mol. The Morgan fingerprint density at radius 1 is 0.838 bits per heavy atom. The predicted molar refractivity (Wildman–Crippen MR) is 145 cm³/mol. The van der Waals surface area contributed by atoms with Crippen LogP contribution in [0.25, 0.3) is 16.9 Å². The van der Waals surface area contributed by atoms with Gasteiger partial charge in [-0.25, -0.2) is 9.07 Å². The fraction of sp³-hybridized carbons (Fsp3) is 0.125. The highest BCUT2D eigenvalue weighted by Gasteiger charge is 2.19. The lowest BCUT2D eigenvalue weighted by Crippen LogP contribution is -2.28. The summed E-state index contributed by atoms with van der Waals surface area (Å²) in [6, 6.07) is 36.4. The van der Waals surface area contributed by atoms with Crippen LogP contribution in [-0.4, -0.2) is 22.2 Å². The van der Waals surface area contributed by atoms with E-state index in [9.17, 15) is 9.18 Å². The van der Waals surface area contributed by atoms with Crippen LogP contribution in [0.3, 0.4) is 0 Å². The van der Waals surface area contributed by atoms with Crippen molar-refractivity contribution in [3.05, 3.63) is 143 Å². The number of aryl methyl sites for hydroxylation is 1. The second-order valence-electron chi connectivity index (χ2n) is 9.09. The van der Waals surface area contributed by atoms with Crippen molar-refractivity contribution in [2.24, 2.45) is 0 Å². The first kappa shape index (κ1) is 24.2. The van der Waals surface area contributed by atoms with Gasteiger partial charge in [-0.15, -0.1) is 0 Å². The lowest BCUT2D eigenvalue weighted by atomic mass is 9.88. The van der Waals surface area contributed by atoms with Crippen molar-refractivity contribution in [2.45, 2.75) is 19.3 Å². The SMILES string of the molecule is Cc1ccc(-n2nc(-c3ccc(F)cc3)cc2C(=O)NCCC(c2ccccc2)c2ccccc2)cc1. The van der Waals surface area contributed by atoms with E-state index in [4.69, 9.17) is 5.10 Å². The van der Waals surface area contributed by atoms with Gasteiger partial charge in [0.15, 0.2) is 0 Å². The van der Waals surface area contributed by atoms with Gasteiger partial charge >= 0.3 is 0 Å². The first-order chi connectivity index (χ1) is 18.1. The van der Waals surface area contributed by atoms with E-state index in [1.165, 1.54) is 23.3 Å². The van der Waals surface area contributed by atoms with Crippen LogP contribution in [0.2, 0.25) is 0 Å². The number of benzene rings is 4. The summed E-state index contributed by atoms with van der Waals surface area (Å²) >= 11 is 0. The highest BCUT2D eigenvalue weighted by Crippen LogP contribution is 2.28. The third-order valence-corrected chi connectivity index (χ3v) is 6.48. The number of carbonyl (C=O) groups is 1. The summed E-state index contributed by atoms with van der Waals surface area (Å²) in [4.78, 5) is 13.4. The standard InChI is InChI=1S/C32H28FN3O/c1-23-12-18-28(19-13-23)36-31(22-30(35-36)26-14-16-27(33)17-15-26)32(37)34-21-20-29(24-8-4-2-5-9-24)25-10-6-3-7-11-25/h2-19,22,29H,20-21H2,1H3,(H,34,37). The molecule has 0 fully saturated rings. The maximum absolute atomic E-state index is 13.5. The molecule has 0 saturated carbocycles. The summed E-state index contributed by atoms with van der Waals surface area (Å²) < 4.78 is 15.1. The number of nitrogens with one attached hydrogen (secondary N) is 1. The molecule has 0 unspecified atom stereocenters. The van der Waals surface area contributed by atoms with Crippen LogP contribution in [0.1, 0.15) is 39.5 Å². The van der Waals surface area contributed by atoms with E-state index in [1.807, 2.05) is 67.6 Å². The van der Waals surface area contributed by atoms with E-state index in [0.29, 0.717) is 17.9 Å². The summed E-state index contributed by atoms with van der Waals surface area (Å²) in [7, 11) is 0. The average molecular weight is 490 g/mol. The molecule has 0 saturated heterocycles. The Balaban J connectivity index is 1.39. The van der Waals surface area contributed by atoms with Crippen molar-refractivity contribution in [2.75, 3.05) is 6.54 Å². The van der Waals surface area contributed by atoms with E-state index in [2.05, 4.69) is 29.6 Å². The van der Waals surface area contributed by atoms with Gasteiger partial charge in [-0.05, 0) is 66.9 Å². The molecule has 0 bridgehead atoms. The molecular formula is C32H28FN3O.